The highest BCUT2D eigenvalue weighted by atomic mass is 35.5. The molecule has 0 fully saturated rings. The fourth-order valence-electron chi connectivity index (χ4n) is 2.62. The topological polar surface area (TPSA) is 108 Å². The second kappa shape index (κ2) is 7.58. The minimum absolute atomic E-state index is 0.123. The molecular formula is C17H17ClN6O3. The Morgan fingerprint density at radius 2 is 2.04 bits per heavy atom. The number of nitrogens with one attached hydrogen (secondary N) is 1. The molecule has 0 saturated heterocycles. The summed E-state index contributed by atoms with van der Waals surface area (Å²) in [5.74, 6) is 0.0213. The number of rotatable bonds is 6. The Labute approximate surface area is 159 Å². The molecule has 10 heteroatoms. The van der Waals surface area contributed by atoms with Gasteiger partial charge in [0.25, 0.3) is 0 Å². The number of halogens is 1. The number of hydrogen-bond acceptors (Lipinski definition) is 5. The minimum atomic E-state index is -0.722. The summed E-state index contributed by atoms with van der Waals surface area (Å²) >= 11 is 5.87. The van der Waals surface area contributed by atoms with Crippen LogP contribution in [0.5, 0.6) is 0 Å². The van der Waals surface area contributed by atoms with Crippen LogP contribution in [0.25, 0.3) is 0 Å². The molecule has 0 spiro atoms. The Morgan fingerprint density at radius 1 is 1.33 bits per heavy atom. The molecule has 2 aromatic heterocycles. The summed E-state index contributed by atoms with van der Waals surface area (Å²) < 4.78 is 3.01. The lowest BCUT2D eigenvalue weighted by molar-refractivity contribution is -0.385. The van der Waals surface area contributed by atoms with Gasteiger partial charge in [-0.2, -0.15) is 10.2 Å². The lowest BCUT2D eigenvalue weighted by atomic mass is 10.2. The van der Waals surface area contributed by atoms with E-state index in [-0.39, 0.29) is 11.6 Å². The SMILES string of the molecule is Cc1c([N+](=O)[O-])cnn1C(C)C(=O)Nc1ccn(Cc2ccc(Cl)cc2)n1. The maximum atomic E-state index is 12.4. The molecule has 0 aliphatic carbocycles. The number of benzene rings is 1. The zero-order valence-electron chi connectivity index (χ0n) is 14.7. The molecule has 1 unspecified atom stereocenters. The van der Waals surface area contributed by atoms with E-state index in [1.165, 1.54) is 4.68 Å². The quantitative estimate of drug-likeness (QED) is 0.515. The van der Waals surface area contributed by atoms with Crippen LogP contribution in [0.4, 0.5) is 11.5 Å². The van der Waals surface area contributed by atoms with Crippen LogP contribution in [0.3, 0.4) is 0 Å². The van der Waals surface area contributed by atoms with Crippen LogP contribution in [-0.2, 0) is 11.3 Å². The van der Waals surface area contributed by atoms with Crippen molar-refractivity contribution in [2.24, 2.45) is 0 Å². The van der Waals surface area contributed by atoms with E-state index in [0.717, 1.165) is 11.8 Å². The molecule has 140 valence electrons. The second-order valence-corrected chi connectivity index (χ2v) is 6.44. The van der Waals surface area contributed by atoms with Gasteiger partial charge in [0.15, 0.2) is 5.82 Å². The van der Waals surface area contributed by atoms with Gasteiger partial charge in [0.2, 0.25) is 5.91 Å². The van der Waals surface area contributed by atoms with E-state index in [1.54, 1.807) is 42.9 Å². The highest BCUT2D eigenvalue weighted by Gasteiger charge is 2.24. The standard InChI is InChI=1S/C17H17ClN6O3/c1-11-15(24(26)27)9-19-23(11)12(2)17(25)20-16-7-8-22(21-16)10-13-3-5-14(18)6-4-13/h3-9,12H,10H2,1-2H3,(H,20,21,25). The summed E-state index contributed by atoms with van der Waals surface area (Å²) in [7, 11) is 0. The highest BCUT2D eigenvalue weighted by Crippen LogP contribution is 2.21. The third-order valence-electron chi connectivity index (χ3n) is 4.11. The van der Waals surface area contributed by atoms with Gasteiger partial charge < -0.3 is 5.32 Å². The molecule has 0 radical (unpaired) electrons. The molecule has 0 aliphatic heterocycles. The third kappa shape index (κ3) is 4.14. The first kappa shape index (κ1) is 18.6. The Balaban J connectivity index is 1.66. The van der Waals surface area contributed by atoms with Gasteiger partial charge >= 0.3 is 5.69 Å². The van der Waals surface area contributed by atoms with Gasteiger partial charge in [0.1, 0.15) is 17.9 Å². The van der Waals surface area contributed by atoms with Crippen molar-refractivity contribution in [3.63, 3.8) is 0 Å². The van der Waals surface area contributed by atoms with Gasteiger partial charge in [0.05, 0.1) is 11.5 Å². The summed E-state index contributed by atoms with van der Waals surface area (Å²) in [5, 5.41) is 22.5. The first-order chi connectivity index (χ1) is 12.8. The molecule has 0 bridgehead atoms. The van der Waals surface area contributed by atoms with Crippen molar-refractivity contribution < 1.29 is 9.72 Å². The van der Waals surface area contributed by atoms with Gasteiger partial charge in [-0.1, -0.05) is 23.7 Å². The van der Waals surface area contributed by atoms with Crippen LogP contribution in [0.1, 0.15) is 24.2 Å². The van der Waals surface area contributed by atoms with Gasteiger partial charge in [0, 0.05) is 17.3 Å². The first-order valence-electron chi connectivity index (χ1n) is 8.12. The van der Waals surface area contributed by atoms with Crippen LogP contribution >= 0.6 is 11.6 Å². The average molecular weight is 389 g/mol. The Hall–Kier alpha value is -3.20. The van der Waals surface area contributed by atoms with E-state index in [2.05, 4.69) is 15.5 Å². The maximum absolute atomic E-state index is 12.4. The van der Waals surface area contributed by atoms with Crippen LogP contribution in [0.15, 0.2) is 42.7 Å². The molecule has 1 aromatic carbocycles. The lowest BCUT2D eigenvalue weighted by Gasteiger charge is -2.12. The lowest BCUT2D eigenvalue weighted by Crippen LogP contribution is -2.25. The Kier molecular flexibility index (Phi) is 5.22. The van der Waals surface area contributed by atoms with Crippen LogP contribution in [-0.4, -0.2) is 30.4 Å². The number of carbonyl (C=O) groups is 1. The van der Waals surface area contributed by atoms with E-state index < -0.39 is 11.0 Å². The van der Waals surface area contributed by atoms with Crippen molar-refractivity contribution in [2.75, 3.05) is 5.32 Å². The first-order valence-corrected chi connectivity index (χ1v) is 8.50. The normalized spacial score (nSPS) is 12.0. The zero-order chi connectivity index (χ0) is 19.6. The highest BCUT2D eigenvalue weighted by molar-refractivity contribution is 6.30. The predicted molar refractivity (Wildman–Crippen MR) is 99.7 cm³/mol. The molecule has 3 aromatic rings. The van der Waals surface area contributed by atoms with E-state index in [0.29, 0.717) is 23.1 Å². The molecule has 0 aliphatic rings. The number of aromatic nitrogens is 4. The van der Waals surface area contributed by atoms with Crippen molar-refractivity contribution in [3.8, 4) is 0 Å². The van der Waals surface area contributed by atoms with Gasteiger partial charge in [-0.3, -0.25) is 24.3 Å². The van der Waals surface area contributed by atoms with Crippen LogP contribution in [0, 0.1) is 17.0 Å². The molecule has 1 atom stereocenters. The van der Waals surface area contributed by atoms with Crippen molar-refractivity contribution in [2.45, 2.75) is 26.4 Å². The molecule has 1 amide bonds. The fourth-order valence-corrected chi connectivity index (χ4v) is 2.75. The van der Waals surface area contributed by atoms with Crippen molar-refractivity contribution in [1.82, 2.24) is 19.6 Å². The average Bonchev–Trinajstić information content (AvgIpc) is 3.22. The molecule has 27 heavy (non-hydrogen) atoms. The van der Waals surface area contributed by atoms with Gasteiger partial charge in [-0.15, -0.1) is 0 Å². The zero-order valence-corrected chi connectivity index (χ0v) is 15.4. The number of amides is 1. The van der Waals surface area contributed by atoms with Crippen LogP contribution < -0.4 is 5.32 Å². The number of nitrogens with zero attached hydrogens (tertiary/aromatic N) is 5. The largest absolute Gasteiger partial charge is 0.309 e. The summed E-state index contributed by atoms with van der Waals surface area (Å²) in [4.78, 5) is 22.8. The molecule has 1 N–H and O–H groups in total. The van der Waals surface area contributed by atoms with E-state index in [4.69, 9.17) is 11.6 Å². The number of carbonyl (C=O) groups excluding carboxylic acids is 1. The van der Waals surface area contributed by atoms with Gasteiger partial charge in [-0.25, -0.2) is 0 Å². The van der Waals surface area contributed by atoms with E-state index in [1.807, 2.05) is 12.1 Å². The number of hydrogen-bond donors (Lipinski definition) is 1. The number of anilines is 1. The van der Waals surface area contributed by atoms with Crippen LogP contribution in [0.2, 0.25) is 5.02 Å². The Morgan fingerprint density at radius 3 is 2.67 bits per heavy atom. The van der Waals surface area contributed by atoms with Crippen molar-refractivity contribution in [1.29, 1.82) is 0 Å². The van der Waals surface area contributed by atoms with Gasteiger partial charge in [-0.05, 0) is 31.5 Å². The monoisotopic (exact) mass is 388 g/mol. The second-order valence-electron chi connectivity index (χ2n) is 6.01. The van der Waals surface area contributed by atoms with Crippen molar-refractivity contribution >= 4 is 29.0 Å². The smallest absolute Gasteiger partial charge is 0.307 e. The molecule has 0 saturated carbocycles. The minimum Gasteiger partial charge on any atom is -0.307 e. The van der Waals surface area contributed by atoms with E-state index >= 15 is 0 Å². The molecule has 3 rings (SSSR count). The fraction of sp³-hybridized carbons (Fsp3) is 0.235. The summed E-state index contributed by atoms with van der Waals surface area (Å²) in [5.41, 5.74) is 1.21. The number of nitro groups is 1. The molecule has 9 nitrogen and oxygen atoms in total. The molecular weight excluding hydrogens is 372 g/mol. The molecule has 2 heterocycles. The Bertz CT molecular complexity index is 979. The summed E-state index contributed by atoms with van der Waals surface area (Å²) in [6.07, 6.45) is 2.89. The maximum Gasteiger partial charge on any atom is 0.309 e. The predicted octanol–water partition coefficient (Wildman–Crippen LogP) is 3.20. The van der Waals surface area contributed by atoms with E-state index in [9.17, 15) is 14.9 Å². The summed E-state index contributed by atoms with van der Waals surface area (Å²) in [6, 6.07) is 8.36. The van der Waals surface area contributed by atoms with Crippen molar-refractivity contribution in [3.05, 3.63) is 69.1 Å². The summed E-state index contributed by atoms with van der Waals surface area (Å²) in [6.45, 7) is 3.70. The third-order valence-corrected chi connectivity index (χ3v) is 4.36.